The van der Waals surface area contributed by atoms with E-state index >= 15 is 0 Å². The summed E-state index contributed by atoms with van der Waals surface area (Å²) in [5.74, 6) is -0.891. The summed E-state index contributed by atoms with van der Waals surface area (Å²) in [6, 6.07) is 9.72. The Hall–Kier alpha value is -2.22. The maximum Gasteiger partial charge on any atom is 0.573 e. The maximum atomic E-state index is 12.3. The highest BCUT2D eigenvalue weighted by molar-refractivity contribution is 9.10. The van der Waals surface area contributed by atoms with Crippen LogP contribution in [0.15, 0.2) is 46.9 Å². The molecule has 2 aromatic carbocycles. The van der Waals surface area contributed by atoms with E-state index in [0.717, 1.165) is 0 Å². The molecule has 1 N–H and O–H groups in total. The van der Waals surface area contributed by atoms with E-state index in [-0.39, 0.29) is 23.6 Å². The molecular formula is C16H13BrF3NO3. The molecule has 2 aromatic rings. The number of nitrogens with zero attached hydrogens (tertiary/aromatic N) is 1. The molecular weight excluding hydrogens is 391 g/mol. The minimum atomic E-state index is -4.74. The second-order valence-electron chi connectivity index (χ2n) is 5.01. The molecule has 0 aliphatic carbocycles. The Bertz CT molecular complexity index is 732. The van der Waals surface area contributed by atoms with Crippen LogP contribution in [0, 0.1) is 0 Å². The molecule has 0 aromatic heterocycles. The van der Waals surface area contributed by atoms with Crippen LogP contribution in [-0.2, 0) is 6.54 Å². The molecule has 1 amide bonds. The number of carbonyl (C=O) groups is 1. The number of phenolic OH excluding ortho intramolecular Hbond substituents is 1. The van der Waals surface area contributed by atoms with E-state index in [4.69, 9.17) is 0 Å². The van der Waals surface area contributed by atoms with E-state index in [2.05, 4.69) is 20.7 Å². The molecule has 0 aliphatic rings. The number of phenols is 1. The normalized spacial score (nSPS) is 11.2. The van der Waals surface area contributed by atoms with Crippen LogP contribution in [0.25, 0.3) is 0 Å². The minimum Gasteiger partial charge on any atom is -0.507 e. The molecule has 0 saturated heterocycles. The first kappa shape index (κ1) is 18.1. The van der Waals surface area contributed by atoms with Gasteiger partial charge in [0.25, 0.3) is 5.91 Å². The van der Waals surface area contributed by atoms with Crippen LogP contribution >= 0.6 is 15.9 Å². The van der Waals surface area contributed by atoms with Gasteiger partial charge in [0.15, 0.2) is 0 Å². The molecule has 0 fully saturated rings. The number of hydrogen-bond donors (Lipinski definition) is 1. The average molecular weight is 404 g/mol. The molecule has 0 bridgehead atoms. The molecule has 2 rings (SSSR count). The van der Waals surface area contributed by atoms with Crippen LogP contribution in [0.1, 0.15) is 15.9 Å². The van der Waals surface area contributed by atoms with Crippen LogP contribution in [0.2, 0.25) is 0 Å². The standard InChI is InChI=1S/C16H13BrF3NO3/c1-21(15(23)13-8-11(17)4-7-14(13)22)9-10-2-5-12(6-3-10)24-16(18,19)20/h2-8,22H,9H2,1H3. The summed E-state index contributed by atoms with van der Waals surface area (Å²) in [5, 5.41) is 9.77. The predicted molar refractivity (Wildman–Crippen MR) is 84.7 cm³/mol. The van der Waals surface area contributed by atoms with Gasteiger partial charge in [0.1, 0.15) is 11.5 Å². The quantitative estimate of drug-likeness (QED) is 0.826. The third kappa shape index (κ3) is 4.89. The summed E-state index contributed by atoms with van der Waals surface area (Å²) in [5.41, 5.74) is 0.749. The molecule has 4 nitrogen and oxygen atoms in total. The van der Waals surface area contributed by atoms with Crippen molar-refractivity contribution in [2.45, 2.75) is 12.9 Å². The van der Waals surface area contributed by atoms with Gasteiger partial charge in [0.2, 0.25) is 0 Å². The summed E-state index contributed by atoms with van der Waals surface area (Å²) in [6.45, 7) is 0.164. The Labute approximate surface area is 144 Å². The highest BCUT2D eigenvalue weighted by Crippen LogP contribution is 2.25. The Morgan fingerprint density at radius 1 is 1.21 bits per heavy atom. The number of carbonyl (C=O) groups excluding carboxylic acids is 1. The van der Waals surface area contributed by atoms with E-state index in [9.17, 15) is 23.1 Å². The van der Waals surface area contributed by atoms with Gasteiger partial charge in [0.05, 0.1) is 5.56 Å². The van der Waals surface area contributed by atoms with Gasteiger partial charge in [-0.05, 0) is 35.9 Å². The van der Waals surface area contributed by atoms with Crippen molar-refractivity contribution < 1.29 is 27.8 Å². The fraction of sp³-hybridized carbons (Fsp3) is 0.188. The van der Waals surface area contributed by atoms with E-state index < -0.39 is 12.3 Å². The van der Waals surface area contributed by atoms with Gasteiger partial charge in [0, 0.05) is 18.1 Å². The van der Waals surface area contributed by atoms with Crippen molar-refractivity contribution in [1.29, 1.82) is 0 Å². The Balaban J connectivity index is 2.07. The highest BCUT2D eigenvalue weighted by Gasteiger charge is 2.31. The second-order valence-corrected chi connectivity index (χ2v) is 5.93. The number of amides is 1. The van der Waals surface area contributed by atoms with Crippen LogP contribution < -0.4 is 4.74 Å². The number of hydrogen-bond acceptors (Lipinski definition) is 3. The van der Waals surface area contributed by atoms with Gasteiger partial charge < -0.3 is 14.7 Å². The number of alkyl halides is 3. The van der Waals surface area contributed by atoms with Crippen LogP contribution in [0.4, 0.5) is 13.2 Å². The van der Waals surface area contributed by atoms with E-state index in [0.29, 0.717) is 10.0 Å². The zero-order valence-electron chi connectivity index (χ0n) is 12.5. The molecule has 8 heteroatoms. The maximum absolute atomic E-state index is 12.3. The van der Waals surface area contributed by atoms with Gasteiger partial charge in [-0.2, -0.15) is 0 Å². The van der Waals surface area contributed by atoms with Crippen molar-refractivity contribution in [2.75, 3.05) is 7.05 Å². The third-order valence-corrected chi connectivity index (χ3v) is 3.61. The number of halogens is 4. The topological polar surface area (TPSA) is 49.8 Å². The number of rotatable bonds is 4. The van der Waals surface area contributed by atoms with Crippen molar-refractivity contribution in [1.82, 2.24) is 4.90 Å². The van der Waals surface area contributed by atoms with E-state index in [1.54, 1.807) is 6.07 Å². The van der Waals surface area contributed by atoms with Crippen molar-refractivity contribution in [2.24, 2.45) is 0 Å². The second kappa shape index (κ2) is 7.12. The SMILES string of the molecule is CN(Cc1ccc(OC(F)(F)F)cc1)C(=O)c1cc(Br)ccc1O. The van der Waals surface area contributed by atoms with Crippen LogP contribution in [0.5, 0.6) is 11.5 Å². The molecule has 128 valence electrons. The summed E-state index contributed by atoms with van der Waals surface area (Å²) < 4.78 is 40.8. The lowest BCUT2D eigenvalue weighted by molar-refractivity contribution is -0.274. The minimum absolute atomic E-state index is 0.129. The van der Waals surface area contributed by atoms with Gasteiger partial charge in [-0.3, -0.25) is 4.79 Å². The first-order chi connectivity index (χ1) is 11.2. The molecule has 0 heterocycles. The Morgan fingerprint density at radius 3 is 2.42 bits per heavy atom. The summed E-state index contributed by atoms with van der Waals surface area (Å²) in [4.78, 5) is 13.7. The lowest BCUT2D eigenvalue weighted by atomic mass is 10.1. The van der Waals surface area contributed by atoms with Gasteiger partial charge in [-0.1, -0.05) is 28.1 Å². The first-order valence-electron chi connectivity index (χ1n) is 6.74. The predicted octanol–water partition coefficient (Wildman–Crippen LogP) is 4.33. The van der Waals surface area contributed by atoms with Crippen molar-refractivity contribution in [3.63, 3.8) is 0 Å². The lowest BCUT2D eigenvalue weighted by Gasteiger charge is -2.18. The summed E-state index contributed by atoms with van der Waals surface area (Å²) >= 11 is 3.22. The van der Waals surface area contributed by atoms with Gasteiger partial charge in [-0.25, -0.2) is 0 Å². The first-order valence-corrected chi connectivity index (χ1v) is 7.53. The third-order valence-electron chi connectivity index (χ3n) is 3.11. The fourth-order valence-electron chi connectivity index (χ4n) is 2.03. The highest BCUT2D eigenvalue weighted by atomic mass is 79.9. The zero-order valence-corrected chi connectivity index (χ0v) is 14.1. The van der Waals surface area contributed by atoms with Gasteiger partial charge in [-0.15, -0.1) is 13.2 Å². The van der Waals surface area contributed by atoms with Crippen molar-refractivity contribution in [3.05, 3.63) is 58.1 Å². The zero-order chi connectivity index (χ0) is 17.9. The largest absolute Gasteiger partial charge is 0.573 e. The monoisotopic (exact) mass is 403 g/mol. The number of benzene rings is 2. The van der Waals surface area contributed by atoms with Crippen molar-refractivity contribution >= 4 is 21.8 Å². The van der Waals surface area contributed by atoms with Crippen LogP contribution in [0.3, 0.4) is 0 Å². The lowest BCUT2D eigenvalue weighted by Crippen LogP contribution is -2.26. The number of aromatic hydroxyl groups is 1. The van der Waals surface area contributed by atoms with E-state index in [1.165, 1.54) is 48.3 Å². The van der Waals surface area contributed by atoms with Gasteiger partial charge >= 0.3 is 6.36 Å². The number of ether oxygens (including phenoxy) is 1. The van der Waals surface area contributed by atoms with Crippen molar-refractivity contribution in [3.8, 4) is 11.5 Å². The Morgan fingerprint density at radius 2 is 1.83 bits per heavy atom. The Kier molecular flexibility index (Phi) is 5.38. The average Bonchev–Trinajstić information content (AvgIpc) is 2.49. The smallest absolute Gasteiger partial charge is 0.507 e. The molecule has 0 unspecified atom stereocenters. The van der Waals surface area contributed by atoms with E-state index in [1.807, 2.05) is 0 Å². The summed E-state index contributed by atoms with van der Waals surface area (Å²) in [7, 11) is 1.53. The molecule has 0 aliphatic heterocycles. The molecule has 24 heavy (non-hydrogen) atoms. The summed E-state index contributed by atoms with van der Waals surface area (Å²) in [6.07, 6.45) is -4.74. The van der Waals surface area contributed by atoms with Crippen LogP contribution in [-0.4, -0.2) is 29.3 Å². The molecule has 0 spiro atoms. The fourth-order valence-corrected chi connectivity index (χ4v) is 2.39. The molecule has 0 radical (unpaired) electrons. The molecule has 0 saturated carbocycles. The molecule has 0 atom stereocenters.